The van der Waals surface area contributed by atoms with E-state index in [1.807, 2.05) is 30.3 Å². The monoisotopic (exact) mass is 400 g/mol. The highest BCUT2D eigenvalue weighted by Gasteiger charge is 2.20. The van der Waals surface area contributed by atoms with Crippen LogP contribution in [-0.4, -0.2) is 0 Å². The molecule has 0 aliphatic rings. The van der Waals surface area contributed by atoms with E-state index in [9.17, 15) is 4.79 Å². The molecule has 2 nitrogen and oxygen atoms in total. The maximum Gasteiger partial charge on any atom is 0.344 e. The smallest absolute Gasteiger partial charge is 0.344 e. The molecule has 4 aromatic rings. The molecule has 0 saturated carbocycles. The molecule has 5 heteroatoms. The van der Waals surface area contributed by atoms with Crippen LogP contribution in [0.4, 0.5) is 0 Å². The number of fused-ring (bicyclic) bond motifs is 1. The molecule has 0 saturated heterocycles. The quantitative estimate of drug-likeness (QED) is 0.336. The van der Waals surface area contributed by atoms with Crippen molar-refractivity contribution in [3.8, 4) is 22.3 Å². The van der Waals surface area contributed by atoms with E-state index in [2.05, 4.69) is 0 Å². The summed E-state index contributed by atoms with van der Waals surface area (Å²) in [5, 5.41) is 2.03. The molecule has 1 aromatic heterocycles. The molecule has 0 unspecified atom stereocenters. The number of rotatable bonds is 2. The molecule has 0 N–H and O–H groups in total. The van der Waals surface area contributed by atoms with E-state index >= 15 is 0 Å². The van der Waals surface area contributed by atoms with Crippen LogP contribution in [0.5, 0.6) is 0 Å². The molecule has 0 spiro atoms. The molecule has 128 valence electrons. The first-order valence-electron chi connectivity index (χ1n) is 7.82. The molecule has 4 rings (SSSR count). The Hall–Kier alpha value is -2.26. The zero-order valence-corrected chi connectivity index (χ0v) is 15.6. The SMILES string of the molecule is O=c1oc2c(Cl)cc(Cl)cc2c(-c2ccccc2)c1-c1ccc(Cl)cc1. The van der Waals surface area contributed by atoms with Gasteiger partial charge in [-0.2, -0.15) is 0 Å². The van der Waals surface area contributed by atoms with Crippen LogP contribution < -0.4 is 5.63 Å². The summed E-state index contributed by atoms with van der Waals surface area (Å²) in [5.74, 6) is 0. The van der Waals surface area contributed by atoms with Gasteiger partial charge in [-0.3, -0.25) is 0 Å². The van der Waals surface area contributed by atoms with Crippen molar-refractivity contribution >= 4 is 45.8 Å². The van der Waals surface area contributed by atoms with Gasteiger partial charge in [0, 0.05) is 21.0 Å². The topological polar surface area (TPSA) is 30.2 Å². The number of halogens is 3. The van der Waals surface area contributed by atoms with Crippen LogP contribution in [-0.2, 0) is 0 Å². The first kappa shape index (κ1) is 17.2. The van der Waals surface area contributed by atoms with E-state index in [0.717, 1.165) is 11.1 Å². The lowest BCUT2D eigenvalue weighted by atomic mass is 9.93. The standard InChI is InChI=1S/C21H11Cl3O2/c22-14-8-6-13(7-9-14)19-18(12-4-2-1-3-5-12)16-10-15(23)11-17(24)20(16)26-21(19)25/h1-11H. The van der Waals surface area contributed by atoms with E-state index in [0.29, 0.717) is 37.2 Å². The summed E-state index contributed by atoms with van der Waals surface area (Å²) in [7, 11) is 0. The van der Waals surface area contributed by atoms with Crippen LogP contribution >= 0.6 is 34.8 Å². The van der Waals surface area contributed by atoms with Gasteiger partial charge in [0.05, 0.1) is 10.6 Å². The fourth-order valence-corrected chi connectivity index (χ4v) is 3.67. The van der Waals surface area contributed by atoms with Crippen LogP contribution in [0, 0.1) is 0 Å². The van der Waals surface area contributed by atoms with E-state index in [-0.39, 0.29) is 0 Å². The number of hydrogen-bond acceptors (Lipinski definition) is 2. The Balaban J connectivity index is 2.19. The Labute approximate surface area is 164 Å². The normalized spacial score (nSPS) is 11.0. The average molecular weight is 402 g/mol. The summed E-state index contributed by atoms with van der Waals surface area (Å²) >= 11 is 18.5. The summed E-state index contributed by atoms with van der Waals surface area (Å²) in [6, 6.07) is 20.0. The van der Waals surface area contributed by atoms with Gasteiger partial charge in [-0.25, -0.2) is 4.79 Å². The van der Waals surface area contributed by atoms with Crippen molar-refractivity contribution < 1.29 is 4.42 Å². The Morgan fingerprint density at radius 2 is 1.35 bits per heavy atom. The minimum absolute atomic E-state index is 0.296. The molecule has 0 aliphatic heterocycles. The predicted octanol–water partition coefficient (Wildman–Crippen LogP) is 7.09. The molecule has 0 amide bonds. The van der Waals surface area contributed by atoms with Gasteiger partial charge in [-0.1, -0.05) is 77.3 Å². The lowest BCUT2D eigenvalue weighted by Crippen LogP contribution is -2.06. The Morgan fingerprint density at radius 3 is 2.04 bits per heavy atom. The van der Waals surface area contributed by atoms with E-state index in [4.69, 9.17) is 39.2 Å². The van der Waals surface area contributed by atoms with Crippen LogP contribution in [0.25, 0.3) is 33.2 Å². The predicted molar refractivity (Wildman–Crippen MR) is 108 cm³/mol. The highest BCUT2D eigenvalue weighted by molar-refractivity contribution is 6.38. The Bertz CT molecular complexity index is 1160. The van der Waals surface area contributed by atoms with E-state index in [1.165, 1.54) is 0 Å². The van der Waals surface area contributed by atoms with Crippen molar-refractivity contribution in [3.05, 3.63) is 92.2 Å². The third-order valence-electron chi connectivity index (χ3n) is 4.12. The van der Waals surface area contributed by atoms with Crippen molar-refractivity contribution in [1.82, 2.24) is 0 Å². The first-order chi connectivity index (χ1) is 12.5. The van der Waals surface area contributed by atoms with Gasteiger partial charge >= 0.3 is 5.63 Å². The van der Waals surface area contributed by atoms with Crippen LogP contribution in [0.15, 0.2) is 75.9 Å². The van der Waals surface area contributed by atoms with Crippen LogP contribution in [0.1, 0.15) is 0 Å². The van der Waals surface area contributed by atoms with Crippen molar-refractivity contribution in [1.29, 1.82) is 0 Å². The summed E-state index contributed by atoms with van der Waals surface area (Å²) in [6.45, 7) is 0. The van der Waals surface area contributed by atoms with Gasteiger partial charge in [0.15, 0.2) is 5.58 Å². The molecule has 0 radical (unpaired) electrons. The molecule has 1 heterocycles. The second-order valence-electron chi connectivity index (χ2n) is 5.78. The zero-order chi connectivity index (χ0) is 18.3. The van der Waals surface area contributed by atoms with Crippen molar-refractivity contribution in [2.24, 2.45) is 0 Å². The average Bonchev–Trinajstić information content (AvgIpc) is 2.63. The molecule has 0 fully saturated rings. The maximum atomic E-state index is 12.9. The number of benzene rings is 3. The lowest BCUT2D eigenvalue weighted by molar-refractivity contribution is 0.564. The molecule has 26 heavy (non-hydrogen) atoms. The van der Waals surface area contributed by atoms with Crippen molar-refractivity contribution in [3.63, 3.8) is 0 Å². The fraction of sp³-hybridized carbons (Fsp3) is 0. The summed E-state index contributed by atoms with van der Waals surface area (Å²) in [6.07, 6.45) is 0. The molecule has 0 aliphatic carbocycles. The van der Waals surface area contributed by atoms with Gasteiger partial charge in [0.2, 0.25) is 0 Å². The van der Waals surface area contributed by atoms with Gasteiger partial charge in [0.1, 0.15) is 0 Å². The third-order valence-corrected chi connectivity index (χ3v) is 4.87. The molecule has 3 aromatic carbocycles. The Kier molecular flexibility index (Phi) is 4.49. The Morgan fingerprint density at radius 1 is 0.692 bits per heavy atom. The third kappa shape index (κ3) is 3.01. The molecular weight excluding hydrogens is 391 g/mol. The van der Waals surface area contributed by atoms with Crippen LogP contribution in [0.3, 0.4) is 0 Å². The highest BCUT2D eigenvalue weighted by atomic mass is 35.5. The van der Waals surface area contributed by atoms with E-state index in [1.54, 1.807) is 36.4 Å². The second kappa shape index (κ2) is 6.81. The van der Waals surface area contributed by atoms with Gasteiger partial charge in [-0.15, -0.1) is 0 Å². The fourth-order valence-electron chi connectivity index (χ4n) is 3.01. The van der Waals surface area contributed by atoms with Crippen LogP contribution in [0.2, 0.25) is 15.1 Å². The summed E-state index contributed by atoms with van der Waals surface area (Å²) < 4.78 is 5.55. The second-order valence-corrected chi connectivity index (χ2v) is 7.06. The van der Waals surface area contributed by atoms with Crippen molar-refractivity contribution in [2.45, 2.75) is 0 Å². The van der Waals surface area contributed by atoms with Gasteiger partial charge in [-0.05, 0) is 35.4 Å². The summed E-state index contributed by atoms with van der Waals surface area (Å²) in [4.78, 5) is 12.9. The van der Waals surface area contributed by atoms with Gasteiger partial charge < -0.3 is 4.42 Å². The minimum Gasteiger partial charge on any atom is -0.421 e. The maximum absolute atomic E-state index is 12.9. The number of hydrogen-bond donors (Lipinski definition) is 0. The summed E-state index contributed by atoms with van der Waals surface area (Å²) in [5.41, 5.74) is 2.59. The first-order valence-corrected chi connectivity index (χ1v) is 8.95. The highest BCUT2D eigenvalue weighted by Crippen LogP contribution is 2.39. The lowest BCUT2D eigenvalue weighted by Gasteiger charge is -2.13. The molecule has 0 atom stereocenters. The zero-order valence-electron chi connectivity index (χ0n) is 13.3. The largest absolute Gasteiger partial charge is 0.421 e. The van der Waals surface area contributed by atoms with E-state index < -0.39 is 5.63 Å². The van der Waals surface area contributed by atoms with Crippen molar-refractivity contribution in [2.75, 3.05) is 0 Å². The minimum atomic E-state index is -0.470. The van der Waals surface area contributed by atoms with Gasteiger partial charge in [0.25, 0.3) is 0 Å². The molecule has 0 bridgehead atoms. The molecular formula is C21H11Cl3O2.